The molecule has 1 heteroatoms. The monoisotopic (exact) mass is 205 g/mol. The third-order valence-corrected chi connectivity index (χ3v) is 2.99. The van der Waals surface area contributed by atoms with Crippen LogP contribution < -0.4 is 5.32 Å². The van der Waals surface area contributed by atoms with Crippen molar-refractivity contribution in [1.29, 1.82) is 0 Å². The molecule has 0 aliphatic carbocycles. The second kappa shape index (κ2) is 5.32. The number of hydrogen-bond acceptors (Lipinski definition) is 1. The Morgan fingerprint density at radius 2 is 1.87 bits per heavy atom. The number of hydrogen-bond donors (Lipinski definition) is 1. The summed E-state index contributed by atoms with van der Waals surface area (Å²) in [4.78, 5) is 0. The van der Waals surface area contributed by atoms with E-state index >= 15 is 0 Å². The summed E-state index contributed by atoms with van der Waals surface area (Å²) in [6.07, 6.45) is 2.48. The summed E-state index contributed by atoms with van der Waals surface area (Å²) in [5, 5.41) is 3.24. The number of benzene rings is 1. The fourth-order valence-corrected chi connectivity index (χ4v) is 2.28. The molecule has 1 rings (SSSR count). The highest BCUT2D eigenvalue weighted by Crippen LogP contribution is 2.30. The first kappa shape index (κ1) is 12.3. The Hall–Kier alpha value is -0.820. The van der Waals surface area contributed by atoms with Crippen LogP contribution in [0.2, 0.25) is 0 Å². The Balaban J connectivity index is 3.00. The van der Waals surface area contributed by atoms with Gasteiger partial charge in [0.2, 0.25) is 0 Å². The highest BCUT2D eigenvalue weighted by Gasteiger charge is 2.21. The second-order valence-electron chi connectivity index (χ2n) is 4.82. The minimum Gasteiger partial charge on any atom is -0.316 e. The Bertz CT molecular complexity index is 302. The predicted molar refractivity (Wildman–Crippen MR) is 67.1 cm³/mol. The molecule has 0 bridgehead atoms. The lowest BCUT2D eigenvalue weighted by Crippen LogP contribution is -2.20. The highest BCUT2D eigenvalue weighted by molar-refractivity contribution is 5.33. The van der Waals surface area contributed by atoms with Crippen molar-refractivity contribution in [1.82, 2.24) is 5.32 Å². The third kappa shape index (κ3) is 3.07. The van der Waals surface area contributed by atoms with E-state index in [0.717, 1.165) is 6.54 Å². The van der Waals surface area contributed by atoms with Crippen LogP contribution in [0.4, 0.5) is 0 Å². The first-order valence-corrected chi connectivity index (χ1v) is 5.85. The topological polar surface area (TPSA) is 12.0 Å². The fourth-order valence-electron chi connectivity index (χ4n) is 2.28. The maximum absolute atomic E-state index is 3.24. The molecule has 0 saturated carbocycles. The minimum atomic E-state index is 0.294. The van der Waals surface area contributed by atoms with Crippen molar-refractivity contribution in [3.63, 3.8) is 0 Å². The van der Waals surface area contributed by atoms with Crippen LogP contribution >= 0.6 is 0 Å². The average Bonchev–Trinajstić information content (AvgIpc) is 2.19. The van der Waals surface area contributed by atoms with Crippen molar-refractivity contribution in [2.45, 2.75) is 45.6 Å². The first-order valence-electron chi connectivity index (χ1n) is 5.85. The molecule has 0 aliphatic heterocycles. The minimum absolute atomic E-state index is 0.294. The van der Waals surface area contributed by atoms with Crippen molar-refractivity contribution in [3.8, 4) is 0 Å². The van der Waals surface area contributed by atoms with Crippen LogP contribution in [0.25, 0.3) is 0 Å². The lowest BCUT2D eigenvalue weighted by molar-refractivity contribution is 0.467. The molecule has 0 fully saturated rings. The molecule has 0 heterocycles. The summed E-state index contributed by atoms with van der Waals surface area (Å²) in [6, 6.07) is 8.76. The van der Waals surface area contributed by atoms with E-state index in [9.17, 15) is 0 Å². The van der Waals surface area contributed by atoms with Crippen molar-refractivity contribution >= 4 is 0 Å². The van der Waals surface area contributed by atoms with E-state index in [1.165, 1.54) is 24.0 Å². The summed E-state index contributed by atoms with van der Waals surface area (Å²) in [5.74, 6) is 0. The van der Waals surface area contributed by atoms with Gasteiger partial charge in [-0.3, -0.25) is 0 Å². The van der Waals surface area contributed by atoms with Gasteiger partial charge in [0.25, 0.3) is 0 Å². The molecule has 84 valence electrons. The van der Waals surface area contributed by atoms with Gasteiger partial charge in [0.1, 0.15) is 0 Å². The van der Waals surface area contributed by atoms with E-state index in [2.05, 4.69) is 50.4 Å². The molecule has 0 unspecified atom stereocenters. The maximum atomic E-state index is 3.24. The molecule has 1 nitrogen and oxygen atoms in total. The van der Waals surface area contributed by atoms with Crippen LogP contribution in [0.5, 0.6) is 0 Å². The van der Waals surface area contributed by atoms with Gasteiger partial charge in [0.15, 0.2) is 0 Å². The molecule has 0 atom stereocenters. The van der Waals surface area contributed by atoms with E-state index in [1.807, 2.05) is 7.05 Å². The highest BCUT2D eigenvalue weighted by atomic mass is 14.8. The van der Waals surface area contributed by atoms with Crippen LogP contribution in [0, 0.1) is 0 Å². The van der Waals surface area contributed by atoms with Crippen molar-refractivity contribution in [3.05, 3.63) is 35.4 Å². The zero-order chi connectivity index (χ0) is 11.3. The average molecular weight is 205 g/mol. The van der Waals surface area contributed by atoms with Crippen LogP contribution in [0.3, 0.4) is 0 Å². The summed E-state index contributed by atoms with van der Waals surface area (Å²) < 4.78 is 0. The molecule has 0 spiro atoms. The zero-order valence-electron chi connectivity index (χ0n) is 10.4. The molecule has 1 aromatic carbocycles. The van der Waals surface area contributed by atoms with Gasteiger partial charge >= 0.3 is 0 Å². The summed E-state index contributed by atoms with van der Waals surface area (Å²) >= 11 is 0. The Kier molecular flexibility index (Phi) is 4.34. The number of rotatable bonds is 5. The van der Waals surface area contributed by atoms with Gasteiger partial charge in [0.05, 0.1) is 0 Å². The smallest absolute Gasteiger partial charge is 0.0205 e. The van der Waals surface area contributed by atoms with E-state index in [0.29, 0.717) is 5.41 Å². The van der Waals surface area contributed by atoms with Crippen molar-refractivity contribution in [2.24, 2.45) is 0 Å². The van der Waals surface area contributed by atoms with Gasteiger partial charge in [-0.25, -0.2) is 0 Å². The molecule has 1 aromatic rings. The van der Waals surface area contributed by atoms with Crippen molar-refractivity contribution < 1.29 is 0 Å². The third-order valence-electron chi connectivity index (χ3n) is 2.99. The van der Waals surface area contributed by atoms with Gasteiger partial charge < -0.3 is 5.32 Å². The summed E-state index contributed by atoms with van der Waals surface area (Å²) in [5.41, 5.74) is 3.21. The Labute approximate surface area is 93.9 Å². The van der Waals surface area contributed by atoms with Crippen molar-refractivity contribution in [2.75, 3.05) is 7.05 Å². The zero-order valence-corrected chi connectivity index (χ0v) is 10.4. The molecule has 0 aromatic heterocycles. The van der Waals surface area contributed by atoms with E-state index in [-0.39, 0.29) is 0 Å². The van der Waals surface area contributed by atoms with Gasteiger partial charge in [-0.15, -0.1) is 0 Å². The maximum Gasteiger partial charge on any atom is 0.0205 e. The van der Waals surface area contributed by atoms with Crippen LogP contribution in [0.1, 0.15) is 44.7 Å². The Morgan fingerprint density at radius 3 is 2.47 bits per heavy atom. The van der Waals surface area contributed by atoms with Crippen LogP contribution in [-0.2, 0) is 12.0 Å². The van der Waals surface area contributed by atoms with E-state index in [1.54, 1.807) is 0 Å². The number of nitrogens with one attached hydrogen (secondary N) is 1. The SMILES string of the molecule is CCCC(C)(C)c1ccccc1CNC. The summed E-state index contributed by atoms with van der Waals surface area (Å²) in [6.45, 7) is 7.89. The molecule has 0 radical (unpaired) electrons. The molecular formula is C14H23N. The summed E-state index contributed by atoms with van der Waals surface area (Å²) in [7, 11) is 2.00. The standard InChI is InChI=1S/C14H23N/c1-5-10-14(2,3)13-9-7-6-8-12(13)11-15-4/h6-9,15H,5,10-11H2,1-4H3. The molecule has 15 heavy (non-hydrogen) atoms. The fraction of sp³-hybridized carbons (Fsp3) is 0.571. The Morgan fingerprint density at radius 1 is 1.20 bits per heavy atom. The van der Waals surface area contributed by atoms with Gasteiger partial charge in [-0.2, -0.15) is 0 Å². The first-order chi connectivity index (χ1) is 7.11. The van der Waals surface area contributed by atoms with Gasteiger partial charge in [0, 0.05) is 6.54 Å². The molecule has 0 amide bonds. The quantitative estimate of drug-likeness (QED) is 0.776. The molecular weight excluding hydrogens is 182 g/mol. The van der Waals surface area contributed by atoms with E-state index < -0.39 is 0 Å². The lowest BCUT2D eigenvalue weighted by Gasteiger charge is -2.27. The lowest BCUT2D eigenvalue weighted by atomic mass is 9.78. The van der Waals surface area contributed by atoms with Crippen LogP contribution in [-0.4, -0.2) is 7.05 Å². The van der Waals surface area contributed by atoms with Gasteiger partial charge in [-0.05, 0) is 30.0 Å². The predicted octanol–water partition coefficient (Wildman–Crippen LogP) is 3.48. The van der Waals surface area contributed by atoms with E-state index in [4.69, 9.17) is 0 Å². The largest absolute Gasteiger partial charge is 0.316 e. The molecule has 0 aliphatic rings. The second-order valence-corrected chi connectivity index (χ2v) is 4.82. The molecule has 0 saturated heterocycles. The van der Waals surface area contributed by atoms with Crippen LogP contribution in [0.15, 0.2) is 24.3 Å². The molecule has 1 N–H and O–H groups in total. The van der Waals surface area contributed by atoms with Gasteiger partial charge in [-0.1, -0.05) is 51.5 Å². The normalized spacial score (nSPS) is 11.7.